The predicted molar refractivity (Wildman–Crippen MR) is 56.4 cm³/mol. The van der Waals surface area contributed by atoms with E-state index in [1.54, 1.807) is 0 Å². The molecule has 0 fully saturated rings. The van der Waals surface area contributed by atoms with Crippen LogP contribution in [0, 0.1) is 5.82 Å². The van der Waals surface area contributed by atoms with E-state index >= 15 is 0 Å². The second-order valence-electron chi connectivity index (χ2n) is 2.54. The first-order valence-electron chi connectivity index (χ1n) is 3.76. The van der Waals surface area contributed by atoms with Crippen LogP contribution in [0.15, 0.2) is 6.07 Å². The van der Waals surface area contributed by atoms with E-state index in [1.807, 2.05) is 0 Å². The van der Waals surface area contributed by atoms with Crippen LogP contribution in [0.4, 0.5) is 4.39 Å². The van der Waals surface area contributed by atoms with Crippen molar-refractivity contribution in [1.82, 2.24) is 4.98 Å². The Morgan fingerprint density at radius 1 is 1.38 bits per heavy atom. The number of hydrogen-bond acceptors (Lipinski definition) is 2. The topological polar surface area (TPSA) is 12.9 Å². The second kappa shape index (κ2) is 5.03. The highest BCUT2D eigenvalue weighted by molar-refractivity contribution is 7.80. The summed E-state index contributed by atoms with van der Waals surface area (Å²) in [7, 11) is 0. The van der Waals surface area contributed by atoms with E-state index in [4.69, 9.17) is 23.2 Å². The number of pyridine rings is 1. The minimum absolute atomic E-state index is 0.181. The normalized spacial score (nSPS) is 10.5. The number of thiol groups is 1. The molecule has 0 bridgehead atoms. The van der Waals surface area contributed by atoms with Crippen LogP contribution < -0.4 is 0 Å². The zero-order chi connectivity index (χ0) is 9.84. The predicted octanol–water partition coefficient (Wildman–Crippen LogP) is 3.39. The molecule has 0 saturated heterocycles. The summed E-state index contributed by atoms with van der Waals surface area (Å²) in [5.41, 5.74) is 0.678. The quantitative estimate of drug-likeness (QED) is 0.631. The maximum absolute atomic E-state index is 12.9. The van der Waals surface area contributed by atoms with Crippen molar-refractivity contribution < 1.29 is 4.39 Å². The molecule has 0 amide bonds. The van der Waals surface area contributed by atoms with E-state index in [0.29, 0.717) is 12.0 Å². The lowest BCUT2D eigenvalue weighted by Gasteiger charge is -2.03. The number of hydrogen-bond donors (Lipinski definition) is 1. The average molecular weight is 240 g/mol. The van der Waals surface area contributed by atoms with Crippen LogP contribution >= 0.6 is 35.8 Å². The van der Waals surface area contributed by atoms with Gasteiger partial charge in [0.2, 0.25) is 0 Å². The van der Waals surface area contributed by atoms with Gasteiger partial charge >= 0.3 is 0 Å². The highest BCUT2D eigenvalue weighted by atomic mass is 35.5. The van der Waals surface area contributed by atoms with E-state index in [1.165, 1.54) is 6.07 Å². The van der Waals surface area contributed by atoms with E-state index < -0.39 is 5.82 Å². The summed E-state index contributed by atoms with van der Waals surface area (Å²) < 4.78 is 12.9. The van der Waals surface area contributed by atoms with Gasteiger partial charge in [0, 0.05) is 0 Å². The van der Waals surface area contributed by atoms with Gasteiger partial charge in [0.05, 0.1) is 0 Å². The lowest BCUT2D eigenvalue weighted by molar-refractivity contribution is 0.618. The summed E-state index contributed by atoms with van der Waals surface area (Å²) in [4.78, 5) is 3.66. The average Bonchev–Trinajstić information content (AvgIpc) is 2.09. The maximum atomic E-state index is 12.9. The Morgan fingerprint density at radius 3 is 2.69 bits per heavy atom. The molecule has 1 rings (SSSR count). The third-order valence-electron chi connectivity index (χ3n) is 1.56. The van der Waals surface area contributed by atoms with Gasteiger partial charge in [0.25, 0.3) is 0 Å². The molecular formula is C8H8Cl2FNS. The minimum atomic E-state index is -0.528. The van der Waals surface area contributed by atoms with Crippen LogP contribution in [0.3, 0.4) is 0 Å². The van der Waals surface area contributed by atoms with Crippen LogP contribution in [-0.4, -0.2) is 10.7 Å². The monoisotopic (exact) mass is 239 g/mol. The molecule has 0 saturated carbocycles. The summed E-state index contributed by atoms with van der Waals surface area (Å²) in [5.74, 6) is 0.209. The smallest absolute Gasteiger partial charge is 0.166 e. The van der Waals surface area contributed by atoms with Crippen molar-refractivity contribution in [1.29, 1.82) is 0 Å². The summed E-state index contributed by atoms with van der Waals surface area (Å²) in [6, 6.07) is 1.32. The lowest BCUT2D eigenvalue weighted by atomic mass is 10.2. The number of nitrogens with zero attached hydrogens (tertiary/aromatic N) is 1. The van der Waals surface area contributed by atoms with Gasteiger partial charge in [-0.25, -0.2) is 9.37 Å². The van der Waals surface area contributed by atoms with E-state index in [-0.39, 0.29) is 10.3 Å². The van der Waals surface area contributed by atoms with Crippen molar-refractivity contribution in [2.75, 3.05) is 5.75 Å². The Hall–Kier alpha value is 0.01000. The lowest BCUT2D eigenvalue weighted by Crippen LogP contribution is -1.93. The van der Waals surface area contributed by atoms with Gasteiger partial charge in [-0.2, -0.15) is 12.6 Å². The fraction of sp³-hybridized carbons (Fsp3) is 0.375. The van der Waals surface area contributed by atoms with Crippen molar-refractivity contribution in [2.45, 2.75) is 12.8 Å². The maximum Gasteiger partial charge on any atom is 0.166 e. The molecule has 1 aromatic rings. The van der Waals surface area contributed by atoms with Crippen molar-refractivity contribution >= 4 is 35.8 Å². The largest absolute Gasteiger partial charge is 0.221 e. The van der Waals surface area contributed by atoms with Crippen LogP contribution in [0.25, 0.3) is 0 Å². The molecule has 0 aliphatic rings. The van der Waals surface area contributed by atoms with Crippen LogP contribution in [0.5, 0.6) is 0 Å². The van der Waals surface area contributed by atoms with Gasteiger partial charge < -0.3 is 0 Å². The Kier molecular flexibility index (Phi) is 4.29. The molecule has 5 heteroatoms. The van der Waals surface area contributed by atoms with Crippen molar-refractivity contribution in [3.05, 3.63) is 27.8 Å². The van der Waals surface area contributed by atoms with Gasteiger partial charge in [-0.15, -0.1) is 0 Å². The molecule has 0 aliphatic carbocycles. The van der Waals surface area contributed by atoms with Crippen molar-refractivity contribution in [3.8, 4) is 0 Å². The van der Waals surface area contributed by atoms with E-state index in [9.17, 15) is 4.39 Å². The second-order valence-corrected chi connectivity index (χ2v) is 3.70. The highest BCUT2D eigenvalue weighted by Crippen LogP contribution is 2.21. The Morgan fingerprint density at radius 2 is 2.08 bits per heavy atom. The first-order valence-corrected chi connectivity index (χ1v) is 5.15. The molecule has 1 nitrogen and oxygen atoms in total. The SMILES string of the molecule is Fc1cc(CCCS)c(Cl)nc1Cl. The molecule has 72 valence electrons. The van der Waals surface area contributed by atoms with E-state index in [0.717, 1.165) is 12.2 Å². The molecule has 0 spiro atoms. The summed E-state index contributed by atoms with van der Waals surface area (Å²) in [6.07, 6.45) is 1.51. The molecule has 1 aromatic heterocycles. The van der Waals surface area contributed by atoms with Gasteiger partial charge in [0.1, 0.15) is 5.15 Å². The van der Waals surface area contributed by atoms with Gasteiger partial charge in [-0.3, -0.25) is 0 Å². The number of aromatic nitrogens is 1. The molecular weight excluding hydrogens is 232 g/mol. The fourth-order valence-electron chi connectivity index (χ4n) is 0.928. The number of rotatable bonds is 3. The number of halogens is 3. The van der Waals surface area contributed by atoms with Crippen LogP contribution in [-0.2, 0) is 6.42 Å². The molecule has 0 aliphatic heterocycles. The summed E-state index contributed by atoms with van der Waals surface area (Å²) in [6.45, 7) is 0. The molecule has 0 unspecified atom stereocenters. The molecule has 1 heterocycles. The summed E-state index contributed by atoms with van der Waals surface area (Å²) in [5, 5.41) is 0.0906. The highest BCUT2D eigenvalue weighted by Gasteiger charge is 2.07. The van der Waals surface area contributed by atoms with Crippen molar-refractivity contribution in [2.24, 2.45) is 0 Å². The molecule has 13 heavy (non-hydrogen) atoms. The number of aryl methyl sites for hydroxylation is 1. The van der Waals surface area contributed by atoms with Gasteiger partial charge in [-0.05, 0) is 30.2 Å². The minimum Gasteiger partial charge on any atom is -0.221 e. The molecule has 0 N–H and O–H groups in total. The first kappa shape index (κ1) is 11.1. The third kappa shape index (κ3) is 3.01. The van der Waals surface area contributed by atoms with E-state index in [2.05, 4.69) is 17.6 Å². The molecule has 0 radical (unpaired) electrons. The van der Waals surface area contributed by atoms with Gasteiger partial charge in [-0.1, -0.05) is 23.2 Å². The van der Waals surface area contributed by atoms with Crippen LogP contribution in [0.1, 0.15) is 12.0 Å². The van der Waals surface area contributed by atoms with Crippen LogP contribution in [0.2, 0.25) is 10.3 Å². The van der Waals surface area contributed by atoms with Gasteiger partial charge in [0.15, 0.2) is 11.0 Å². The standard InChI is InChI=1S/C8H8Cl2FNS/c9-7-5(2-1-3-13)4-6(11)8(10)12-7/h4,13H,1-3H2. The molecule has 0 atom stereocenters. The third-order valence-corrected chi connectivity index (χ3v) is 2.47. The Labute approximate surface area is 91.7 Å². The zero-order valence-electron chi connectivity index (χ0n) is 6.73. The first-order chi connectivity index (χ1) is 6.15. The van der Waals surface area contributed by atoms with Crippen molar-refractivity contribution in [3.63, 3.8) is 0 Å². The Bertz CT molecular complexity index is 306. The Balaban J connectivity index is 2.88. The fourth-order valence-corrected chi connectivity index (χ4v) is 1.50. The molecule has 0 aromatic carbocycles. The zero-order valence-corrected chi connectivity index (χ0v) is 9.13. The summed E-state index contributed by atoms with van der Waals surface area (Å²) >= 11 is 15.2.